The van der Waals surface area contributed by atoms with E-state index in [1.54, 1.807) is 6.07 Å². The summed E-state index contributed by atoms with van der Waals surface area (Å²) in [5.74, 6) is 0.243. The molecule has 0 spiro atoms. The number of aryl methyl sites for hydroxylation is 1. The van der Waals surface area contributed by atoms with E-state index in [2.05, 4.69) is 6.07 Å². The van der Waals surface area contributed by atoms with Gasteiger partial charge >= 0.3 is 0 Å². The standard InChI is InChI=1S/C7H7O.Y/c1-6-4-2-3-5-7(6)8;/h2-4,8H,1H3;/q-1;. The van der Waals surface area contributed by atoms with Gasteiger partial charge in [0.1, 0.15) is 0 Å². The van der Waals surface area contributed by atoms with Crippen molar-refractivity contribution in [3.05, 3.63) is 29.8 Å². The van der Waals surface area contributed by atoms with Crippen LogP contribution in [0.5, 0.6) is 5.75 Å². The van der Waals surface area contributed by atoms with Gasteiger partial charge in [-0.3, -0.25) is 0 Å². The van der Waals surface area contributed by atoms with E-state index in [1.165, 1.54) is 0 Å². The molecule has 0 amide bonds. The fourth-order valence-corrected chi connectivity index (χ4v) is 0.512. The van der Waals surface area contributed by atoms with Gasteiger partial charge < -0.3 is 5.11 Å². The summed E-state index contributed by atoms with van der Waals surface area (Å²) in [5, 5.41) is 8.86. The molecule has 0 aliphatic heterocycles. The van der Waals surface area contributed by atoms with Crippen molar-refractivity contribution in [2.75, 3.05) is 0 Å². The zero-order valence-corrected chi connectivity index (χ0v) is 8.09. The van der Waals surface area contributed by atoms with Crippen molar-refractivity contribution >= 4 is 0 Å². The van der Waals surface area contributed by atoms with Gasteiger partial charge in [-0.2, -0.15) is 18.2 Å². The average Bonchev–Trinajstić information content (AvgIpc) is 1.77. The number of hydrogen-bond acceptors (Lipinski definition) is 1. The molecule has 0 bridgehead atoms. The predicted octanol–water partition coefficient (Wildman–Crippen LogP) is 1.50. The van der Waals surface area contributed by atoms with E-state index in [4.69, 9.17) is 5.11 Å². The van der Waals surface area contributed by atoms with Crippen LogP contribution in [0.4, 0.5) is 0 Å². The van der Waals surface area contributed by atoms with Crippen LogP contribution in [0, 0.1) is 13.0 Å². The maximum absolute atomic E-state index is 8.86. The molecule has 0 aromatic heterocycles. The summed E-state index contributed by atoms with van der Waals surface area (Å²) < 4.78 is 0. The molecule has 9 heavy (non-hydrogen) atoms. The molecule has 1 aromatic rings. The molecule has 0 atom stereocenters. The molecule has 2 heteroatoms. The maximum atomic E-state index is 8.86. The number of benzene rings is 1. The van der Waals surface area contributed by atoms with Crippen molar-refractivity contribution in [2.45, 2.75) is 6.92 Å². The van der Waals surface area contributed by atoms with E-state index in [-0.39, 0.29) is 38.5 Å². The van der Waals surface area contributed by atoms with E-state index in [0.717, 1.165) is 5.56 Å². The third-order valence-corrected chi connectivity index (χ3v) is 1.04. The van der Waals surface area contributed by atoms with Gasteiger partial charge in [-0.25, -0.2) is 0 Å². The van der Waals surface area contributed by atoms with Crippen LogP contribution >= 0.6 is 0 Å². The number of hydrogen-bond donors (Lipinski definition) is 1. The normalized spacial score (nSPS) is 8.11. The van der Waals surface area contributed by atoms with Crippen LogP contribution in [0.2, 0.25) is 0 Å². The Hall–Kier alpha value is 0.124. The predicted molar refractivity (Wildman–Crippen MR) is 31.7 cm³/mol. The minimum Gasteiger partial charge on any atom is -0.534 e. The molecule has 0 unspecified atom stereocenters. The Bertz CT molecular complexity index is 165. The van der Waals surface area contributed by atoms with Crippen molar-refractivity contribution in [1.82, 2.24) is 0 Å². The van der Waals surface area contributed by atoms with Crippen LogP contribution in [-0.2, 0) is 32.7 Å². The third kappa shape index (κ3) is 2.46. The summed E-state index contributed by atoms with van der Waals surface area (Å²) in [7, 11) is 0. The molecule has 1 rings (SSSR count). The Labute approximate surface area is 80.0 Å². The minimum absolute atomic E-state index is 0. The van der Waals surface area contributed by atoms with Gasteiger partial charge in [0.05, 0.1) is 0 Å². The van der Waals surface area contributed by atoms with Crippen molar-refractivity contribution in [3.8, 4) is 5.75 Å². The molecule has 1 nitrogen and oxygen atoms in total. The second-order valence-corrected chi connectivity index (χ2v) is 1.70. The minimum atomic E-state index is 0. The van der Waals surface area contributed by atoms with Crippen molar-refractivity contribution in [1.29, 1.82) is 0 Å². The van der Waals surface area contributed by atoms with E-state index < -0.39 is 0 Å². The largest absolute Gasteiger partial charge is 0.534 e. The molecule has 1 N–H and O–H groups in total. The molecule has 45 valence electrons. The first-order chi connectivity index (χ1) is 3.80. The van der Waals surface area contributed by atoms with Crippen LogP contribution in [0.25, 0.3) is 0 Å². The molecule has 0 saturated heterocycles. The van der Waals surface area contributed by atoms with E-state index in [1.807, 2.05) is 19.1 Å². The molecule has 0 aliphatic carbocycles. The summed E-state index contributed by atoms with van der Waals surface area (Å²) in [6, 6.07) is 8.02. The summed E-state index contributed by atoms with van der Waals surface area (Å²) in [5.41, 5.74) is 0.868. The van der Waals surface area contributed by atoms with Gasteiger partial charge in [-0.1, -0.05) is 6.92 Å². The first kappa shape index (κ1) is 9.12. The summed E-state index contributed by atoms with van der Waals surface area (Å²) in [6.45, 7) is 1.84. The topological polar surface area (TPSA) is 20.2 Å². The second-order valence-electron chi connectivity index (χ2n) is 1.70. The van der Waals surface area contributed by atoms with Crippen molar-refractivity contribution in [2.24, 2.45) is 0 Å². The van der Waals surface area contributed by atoms with Crippen molar-refractivity contribution < 1.29 is 37.8 Å². The SMILES string of the molecule is Cc1ccc[c-]c1O.[Y]. The second kappa shape index (κ2) is 4.02. The fourth-order valence-electron chi connectivity index (χ4n) is 0.512. The van der Waals surface area contributed by atoms with Crippen molar-refractivity contribution in [3.63, 3.8) is 0 Å². The Morgan fingerprint density at radius 3 is 2.56 bits per heavy atom. The molecule has 0 heterocycles. The van der Waals surface area contributed by atoms with Crippen LogP contribution < -0.4 is 0 Å². The Kier molecular flexibility index (Phi) is 4.08. The van der Waals surface area contributed by atoms with Crippen LogP contribution in [0.15, 0.2) is 18.2 Å². The zero-order valence-electron chi connectivity index (χ0n) is 5.26. The molecule has 1 aromatic carbocycles. The zero-order chi connectivity index (χ0) is 5.98. The number of aromatic hydroxyl groups is 1. The van der Waals surface area contributed by atoms with Gasteiger partial charge in [0.15, 0.2) is 0 Å². The van der Waals surface area contributed by atoms with Crippen LogP contribution in [-0.4, -0.2) is 5.11 Å². The monoisotopic (exact) mass is 196 g/mol. The number of phenolic OH excluding ortho intramolecular Hbond substituents is 1. The summed E-state index contributed by atoms with van der Waals surface area (Å²) >= 11 is 0. The summed E-state index contributed by atoms with van der Waals surface area (Å²) in [6.07, 6.45) is 0. The molecule has 0 fully saturated rings. The number of rotatable bonds is 0. The Morgan fingerprint density at radius 1 is 1.56 bits per heavy atom. The third-order valence-electron chi connectivity index (χ3n) is 1.04. The van der Waals surface area contributed by atoms with Gasteiger partial charge in [-0.15, -0.1) is 11.6 Å². The van der Waals surface area contributed by atoms with E-state index in [0.29, 0.717) is 0 Å². The number of phenols is 1. The van der Waals surface area contributed by atoms with E-state index in [9.17, 15) is 0 Å². The molecule has 1 radical (unpaired) electrons. The molecule has 0 saturated carbocycles. The average molecular weight is 196 g/mol. The maximum Gasteiger partial charge on any atom is 0.00684 e. The van der Waals surface area contributed by atoms with Gasteiger partial charge in [0.2, 0.25) is 0 Å². The van der Waals surface area contributed by atoms with Gasteiger partial charge in [0, 0.05) is 38.5 Å². The Morgan fingerprint density at radius 2 is 2.22 bits per heavy atom. The van der Waals surface area contributed by atoms with Crippen LogP contribution in [0.1, 0.15) is 5.56 Å². The molecular weight excluding hydrogens is 189 g/mol. The molecular formula is C7H7OY-. The fraction of sp³-hybridized carbons (Fsp3) is 0.143. The Balaban J connectivity index is 0.000000640. The number of para-hydroxylation sites is 1. The quantitative estimate of drug-likeness (QED) is 0.623. The molecule has 0 aliphatic rings. The van der Waals surface area contributed by atoms with Gasteiger partial charge in [-0.05, 0) is 0 Å². The first-order valence-corrected chi connectivity index (χ1v) is 2.47. The van der Waals surface area contributed by atoms with Gasteiger partial charge in [0.25, 0.3) is 0 Å². The van der Waals surface area contributed by atoms with Crippen LogP contribution in [0.3, 0.4) is 0 Å². The first-order valence-electron chi connectivity index (χ1n) is 2.47. The smallest absolute Gasteiger partial charge is 0.00684 e. The van der Waals surface area contributed by atoms with E-state index >= 15 is 0 Å². The summed E-state index contributed by atoms with van der Waals surface area (Å²) in [4.78, 5) is 0.